The molecule has 1 aromatic heterocycles. The summed E-state index contributed by atoms with van der Waals surface area (Å²) in [6.45, 7) is 2.09. The highest BCUT2D eigenvalue weighted by molar-refractivity contribution is 6.20. The van der Waals surface area contributed by atoms with Gasteiger partial charge >= 0.3 is 0 Å². The number of hydrogen-bond acceptors (Lipinski definition) is 3. The van der Waals surface area contributed by atoms with E-state index in [2.05, 4.69) is 36.2 Å². The van der Waals surface area contributed by atoms with Crippen molar-refractivity contribution in [2.75, 3.05) is 0 Å². The Hall–Kier alpha value is -2.99. The molecule has 0 radical (unpaired) electrons. The second kappa shape index (κ2) is 6.38. The highest BCUT2D eigenvalue weighted by Gasteiger charge is 2.46. The van der Waals surface area contributed by atoms with Crippen molar-refractivity contribution in [3.05, 3.63) is 77.1 Å². The Morgan fingerprint density at radius 2 is 1.92 bits per heavy atom. The first-order chi connectivity index (χ1) is 12.7. The molecule has 1 atom stereocenters. The lowest BCUT2D eigenvalue weighted by atomic mass is 9.71. The monoisotopic (exact) mass is 340 g/mol. The van der Waals surface area contributed by atoms with Gasteiger partial charge in [0.25, 0.3) is 0 Å². The second-order valence-corrected chi connectivity index (χ2v) is 7.11. The quantitative estimate of drug-likeness (QED) is 0.620. The van der Waals surface area contributed by atoms with Crippen molar-refractivity contribution in [3.8, 4) is 6.07 Å². The maximum atomic E-state index is 13.6. The summed E-state index contributed by atoms with van der Waals surface area (Å²) in [7, 11) is 0. The predicted molar refractivity (Wildman–Crippen MR) is 102 cm³/mol. The third kappa shape index (κ3) is 2.42. The number of nitrogens with zero attached hydrogens (tertiary/aromatic N) is 2. The molecule has 0 bridgehead atoms. The molecular weight excluding hydrogens is 320 g/mol. The number of pyridine rings is 1. The molecule has 0 spiro atoms. The first-order valence-corrected chi connectivity index (χ1v) is 9.01. The van der Waals surface area contributed by atoms with Crippen LogP contribution in [0.3, 0.4) is 0 Å². The minimum absolute atomic E-state index is 0.193. The highest BCUT2D eigenvalue weighted by atomic mass is 16.1. The molecule has 0 N–H and O–H groups in total. The van der Waals surface area contributed by atoms with Gasteiger partial charge < -0.3 is 0 Å². The lowest BCUT2D eigenvalue weighted by Crippen LogP contribution is -2.34. The fourth-order valence-corrected chi connectivity index (χ4v) is 4.35. The average molecular weight is 340 g/mol. The lowest BCUT2D eigenvalue weighted by Gasteiger charge is -2.29. The zero-order chi connectivity index (χ0) is 18.1. The van der Waals surface area contributed by atoms with Crippen LogP contribution in [0.4, 0.5) is 0 Å². The zero-order valence-corrected chi connectivity index (χ0v) is 14.8. The van der Waals surface area contributed by atoms with Gasteiger partial charge in [0.1, 0.15) is 0 Å². The van der Waals surface area contributed by atoms with Crippen LogP contribution in [0.2, 0.25) is 0 Å². The Bertz CT molecular complexity index is 1030. The third-order valence-corrected chi connectivity index (χ3v) is 5.60. The Labute approximate surface area is 153 Å². The molecule has 3 nitrogen and oxygen atoms in total. The van der Waals surface area contributed by atoms with Gasteiger partial charge in [-0.05, 0) is 65.8 Å². The van der Waals surface area contributed by atoms with E-state index in [9.17, 15) is 4.79 Å². The Morgan fingerprint density at radius 1 is 1.12 bits per heavy atom. The van der Waals surface area contributed by atoms with Crippen molar-refractivity contribution in [2.45, 2.75) is 38.0 Å². The van der Waals surface area contributed by atoms with Gasteiger partial charge in [0.2, 0.25) is 0 Å². The van der Waals surface area contributed by atoms with E-state index < -0.39 is 5.41 Å². The van der Waals surface area contributed by atoms with E-state index in [0.29, 0.717) is 19.3 Å². The van der Waals surface area contributed by atoms with Crippen LogP contribution in [-0.4, -0.2) is 10.8 Å². The summed E-state index contributed by atoms with van der Waals surface area (Å²) in [6, 6.07) is 16.4. The summed E-state index contributed by atoms with van der Waals surface area (Å²) in [6.07, 6.45) is 6.07. The van der Waals surface area contributed by atoms with Crippen molar-refractivity contribution < 1.29 is 4.79 Å². The average Bonchev–Trinajstić information content (AvgIpc) is 2.90. The van der Waals surface area contributed by atoms with E-state index in [1.54, 1.807) is 12.4 Å². The van der Waals surface area contributed by atoms with E-state index in [0.717, 1.165) is 33.9 Å². The molecule has 1 heterocycles. The summed E-state index contributed by atoms with van der Waals surface area (Å²) in [5, 5.41) is 11.3. The Morgan fingerprint density at radius 3 is 2.69 bits per heavy atom. The van der Waals surface area contributed by atoms with E-state index >= 15 is 0 Å². The normalized spacial score (nSPS) is 18.2. The number of hydrogen-bond donors (Lipinski definition) is 0. The standard InChI is InChI=1S/C23H20N2O/c1-16-7-8-19-21-18(16)5-4-6-20(21)23(22(19)26,11-2-3-12-24)15-17-9-13-25-14-10-17/h4-10,13-14H,2-3,11,15H2,1H3. The van der Waals surface area contributed by atoms with Gasteiger partial charge in [0, 0.05) is 24.4 Å². The molecule has 0 saturated carbocycles. The van der Waals surface area contributed by atoms with E-state index in [-0.39, 0.29) is 5.78 Å². The van der Waals surface area contributed by atoms with Crippen LogP contribution < -0.4 is 0 Å². The summed E-state index contributed by atoms with van der Waals surface area (Å²) in [5.74, 6) is 0.193. The Balaban J connectivity index is 1.91. The van der Waals surface area contributed by atoms with Crippen LogP contribution >= 0.6 is 0 Å². The van der Waals surface area contributed by atoms with Crippen molar-refractivity contribution in [1.29, 1.82) is 5.26 Å². The minimum Gasteiger partial charge on any atom is -0.293 e. The number of benzene rings is 2. The first kappa shape index (κ1) is 16.5. The van der Waals surface area contributed by atoms with Gasteiger partial charge in [-0.1, -0.05) is 30.3 Å². The molecular formula is C23H20N2O. The van der Waals surface area contributed by atoms with Gasteiger partial charge in [0.05, 0.1) is 11.5 Å². The molecule has 1 unspecified atom stereocenters. The van der Waals surface area contributed by atoms with Gasteiger partial charge in [-0.25, -0.2) is 0 Å². The summed E-state index contributed by atoms with van der Waals surface area (Å²) in [5.41, 5.74) is 3.65. The summed E-state index contributed by atoms with van der Waals surface area (Å²) < 4.78 is 0. The second-order valence-electron chi connectivity index (χ2n) is 7.11. The number of nitriles is 1. The predicted octanol–water partition coefficient (Wildman–Crippen LogP) is 4.91. The van der Waals surface area contributed by atoms with Crippen LogP contribution in [0.5, 0.6) is 0 Å². The van der Waals surface area contributed by atoms with Crippen LogP contribution in [0.15, 0.2) is 54.9 Å². The maximum Gasteiger partial charge on any atom is 0.174 e. The number of rotatable bonds is 5. The molecule has 0 saturated heterocycles. The number of unbranched alkanes of at least 4 members (excludes halogenated alkanes) is 1. The number of aromatic nitrogens is 1. The van der Waals surface area contributed by atoms with Gasteiger partial charge in [0.15, 0.2) is 5.78 Å². The van der Waals surface area contributed by atoms with Crippen molar-refractivity contribution in [1.82, 2.24) is 4.98 Å². The summed E-state index contributed by atoms with van der Waals surface area (Å²) >= 11 is 0. The van der Waals surface area contributed by atoms with E-state index in [4.69, 9.17) is 5.26 Å². The minimum atomic E-state index is -0.589. The number of Topliss-reactive ketones (excluding diaryl/α,β-unsaturated/α-hetero) is 1. The summed E-state index contributed by atoms with van der Waals surface area (Å²) in [4.78, 5) is 17.7. The topological polar surface area (TPSA) is 53.8 Å². The molecule has 0 fully saturated rings. The maximum absolute atomic E-state index is 13.6. The fraction of sp³-hybridized carbons (Fsp3) is 0.261. The SMILES string of the molecule is Cc1ccc2c3c(cccc13)C(CCCC#N)(Cc1ccncc1)C2=O. The molecule has 26 heavy (non-hydrogen) atoms. The van der Waals surface area contributed by atoms with Crippen LogP contribution in [0.1, 0.15) is 46.3 Å². The molecule has 1 aliphatic rings. The first-order valence-electron chi connectivity index (χ1n) is 9.01. The van der Waals surface area contributed by atoms with E-state index in [1.807, 2.05) is 24.3 Å². The van der Waals surface area contributed by atoms with Crippen molar-refractivity contribution in [2.24, 2.45) is 0 Å². The van der Waals surface area contributed by atoms with Crippen LogP contribution in [0, 0.1) is 18.3 Å². The van der Waals surface area contributed by atoms with Crippen molar-refractivity contribution in [3.63, 3.8) is 0 Å². The number of ketones is 1. The highest BCUT2D eigenvalue weighted by Crippen LogP contribution is 2.47. The smallest absolute Gasteiger partial charge is 0.174 e. The molecule has 2 aromatic carbocycles. The van der Waals surface area contributed by atoms with Gasteiger partial charge in [-0.15, -0.1) is 0 Å². The molecule has 3 heteroatoms. The fourth-order valence-electron chi connectivity index (χ4n) is 4.35. The number of carbonyl (C=O) groups is 1. The zero-order valence-electron chi connectivity index (χ0n) is 14.8. The van der Waals surface area contributed by atoms with Crippen molar-refractivity contribution >= 4 is 16.6 Å². The molecule has 0 aliphatic heterocycles. The number of carbonyl (C=O) groups excluding carboxylic acids is 1. The van der Waals surface area contributed by atoms with Gasteiger partial charge in [-0.3, -0.25) is 9.78 Å². The Kier molecular flexibility index (Phi) is 4.05. The molecule has 4 rings (SSSR count). The molecule has 128 valence electrons. The van der Waals surface area contributed by atoms with Gasteiger partial charge in [-0.2, -0.15) is 5.26 Å². The van der Waals surface area contributed by atoms with E-state index in [1.165, 1.54) is 5.56 Å². The number of aryl methyl sites for hydroxylation is 1. The van der Waals surface area contributed by atoms with Crippen LogP contribution in [-0.2, 0) is 11.8 Å². The lowest BCUT2D eigenvalue weighted by molar-refractivity contribution is 0.0883. The largest absolute Gasteiger partial charge is 0.293 e. The molecule has 3 aromatic rings. The molecule has 0 amide bonds. The molecule has 1 aliphatic carbocycles. The third-order valence-electron chi connectivity index (χ3n) is 5.60. The van der Waals surface area contributed by atoms with Crippen LogP contribution in [0.25, 0.3) is 10.8 Å².